The van der Waals surface area contributed by atoms with Gasteiger partial charge in [0.05, 0.1) is 22.8 Å². The van der Waals surface area contributed by atoms with Crippen molar-refractivity contribution in [3.05, 3.63) is 217 Å². The number of rotatable bonds is 4. The minimum absolute atomic E-state index is 0.706. The number of hydrogen-bond acceptors (Lipinski definition) is 2. The van der Waals surface area contributed by atoms with Crippen LogP contribution in [0.25, 0.3) is 110 Å². The Balaban J connectivity index is 1.18. The Morgan fingerprint density at radius 2 is 0.650 bits per heavy atom. The molecule has 0 amide bonds. The molecule has 0 saturated heterocycles. The highest BCUT2D eigenvalue weighted by Crippen LogP contribution is 2.54. The molecule has 0 fully saturated rings. The van der Waals surface area contributed by atoms with Crippen molar-refractivity contribution in [2.75, 3.05) is 0 Å². The molecule has 278 valence electrons. The second-order valence-electron chi connectivity index (χ2n) is 16.3. The van der Waals surface area contributed by atoms with Gasteiger partial charge < -0.3 is 0 Å². The van der Waals surface area contributed by atoms with E-state index in [4.69, 9.17) is 9.97 Å². The largest absolute Gasteiger partial charge is 0.248 e. The Morgan fingerprint density at radius 1 is 0.267 bits per heavy atom. The Kier molecular flexibility index (Phi) is 7.17. The number of aromatic nitrogens is 2. The van der Waals surface area contributed by atoms with Crippen LogP contribution in [0, 0.1) is 0 Å². The van der Waals surface area contributed by atoms with E-state index >= 15 is 0 Å². The van der Waals surface area contributed by atoms with Crippen LogP contribution in [0.2, 0.25) is 0 Å². The Labute approximate surface area is 348 Å². The van der Waals surface area contributed by atoms with Gasteiger partial charge in [0.1, 0.15) is 0 Å². The summed E-state index contributed by atoms with van der Waals surface area (Å²) in [5, 5.41) is 9.97. The molecule has 0 bridgehead atoms. The maximum absolute atomic E-state index is 5.49. The number of hydrogen-bond donors (Lipinski definition) is 0. The van der Waals surface area contributed by atoms with E-state index in [1.54, 1.807) is 0 Å². The quantitative estimate of drug-likeness (QED) is 0.167. The van der Waals surface area contributed by atoms with Crippen molar-refractivity contribution in [3.8, 4) is 67.0 Å². The zero-order valence-corrected chi connectivity index (χ0v) is 32.8. The summed E-state index contributed by atoms with van der Waals surface area (Å²) < 4.78 is 0. The molecule has 2 nitrogen and oxygen atoms in total. The molecule has 0 saturated carbocycles. The topological polar surface area (TPSA) is 25.8 Å². The van der Waals surface area contributed by atoms with Crippen LogP contribution in [0.5, 0.6) is 0 Å². The normalized spacial score (nSPS) is 12.5. The molecule has 2 heteroatoms. The lowest BCUT2D eigenvalue weighted by Gasteiger charge is -2.24. The van der Waals surface area contributed by atoms with E-state index < -0.39 is 0 Å². The number of fused-ring (bicyclic) bond motifs is 10. The molecule has 0 N–H and O–H groups in total. The van der Waals surface area contributed by atoms with Crippen molar-refractivity contribution in [1.29, 1.82) is 0 Å². The molecule has 10 aromatic carbocycles. The molecule has 1 heterocycles. The summed E-state index contributed by atoms with van der Waals surface area (Å²) >= 11 is 0. The van der Waals surface area contributed by atoms with Crippen molar-refractivity contribution in [2.24, 2.45) is 0 Å². The molecule has 2 aliphatic rings. The average Bonchev–Trinajstić information content (AvgIpc) is 3.87. The summed E-state index contributed by atoms with van der Waals surface area (Å²) in [5.41, 5.74) is 19.2. The van der Waals surface area contributed by atoms with E-state index in [0.717, 1.165) is 29.2 Å². The van der Waals surface area contributed by atoms with Gasteiger partial charge in [-0.3, -0.25) is 0 Å². The van der Waals surface area contributed by atoms with E-state index in [2.05, 4.69) is 194 Å². The minimum atomic E-state index is 0.706. The molecule has 0 atom stereocenters. The molecule has 1 aromatic heterocycles. The van der Waals surface area contributed by atoms with E-state index in [0.29, 0.717) is 6.42 Å². The van der Waals surface area contributed by atoms with Crippen molar-refractivity contribution >= 4 is 43.1 Å². The molecule has 0 unspecified atom stereocenters. The van der Waals surface area contributed by atoms with Crippen LogP contribution in [0.4, 0.5) is 0 Å². The lowest BCUT2D eigenvalue weighted by molar-refractivity contribution is 1.04. The fourth-order valence-electron chi connectivity index (χ4n) is 10.6. The first-order valence-electron chi connectivity index (χ1n) is 20.9. The summed E-state index contributed by atoms with van der Waals surface area (Å²) in [7, 11) is 0. The molecule has 60 heavy (non-hydrogen) atoms. The highest BCUT2D eigenvalue weighted by atomic mass is 14.9. The van der Waals surface area contributed by atoms with Crippen molar-refractivity contribution in [1.82, 2.24) is 9.97 Å². The smallest absolute Gasteiger partial charge is 0.0927 e. The predicted molar refractivity (Wildman–Crippen MR) is 250 cm³/mol. The monoisotopic (exact) mass is 760 g/mol. The maximum atomic E-state index is 5.49. The number of benzene rings is 10. The lowest BCUT2D eigenvalue weighted by atomic mass is 9.79. The fourth-order valence-corrected chi connectivity index (χ4v) is 10.6. The molecular formula is C58H36N2. The third-order valence-electron chi connectivity index (χ3n) is 13.1. The number of nitrogens with zero attached hydrogens (tertiary/aromatic N) is 2. The van der Waals surface area contributed by atoms with Crippen molar-refractivity contribution < 1.29 is 0 Å². The molecule has 11 aromatic rings. The van der Waals surface area contributed by atoms with Crippen LogP contribution in [-0.2, 0) is 12.8 Å². The molecule has 13 rings (SSSR count). The van der Waals surface area contributed by atoms with Gasteiger partial charge in [-0.05, 0) is 98.7 Å². The highest BCUT2D eigenvalue weighted by molar-refractivity contribution is 6.27. The fraction of sp³-hybridized carbons (Fsp3) is 0.0345. The zero-order valence-electron chi connectivity index (χ0n) is 32.8. The summed E-state index contributed by atoms with van der Waals surface area (Å²) in [6.07, 6.45) is 1.52. The van der Waals surface area contributed by atoms with Gasteiger partial charge in [-0.1, -0.05) is 194 Å². The summed E-state index contributed by atoms with van der Waals surface area (Å²) in [5.74, 6) is 0. The van der Waals surface area contributed by atoms with E-state index in [1.165, 1.54) is 110 Å². The van der Waals surface area contributed by atoms with Crippen LogP contribution in [0.15, 0.2) is 194 Å². The van der Waals surface area contributed by atoms with Crippen molar-refractivity contribution in [2.45, 2.75) is 12.8 Å². The summed E-state index contributed by atoms with van der Waals surface area (Å²) in [6.45, 7) is 0. The Morgan fingerprint density at radius 3 is 1.17 bits per heavy atom. The first kappa shape index (κ1) is 33.3. The Hall–Kier alpha value is -7.68. The SMILES string of the molecule is c1ccc(-c2c3ccccc3c(-c3ccc4c(c3-c3c5ccccc5c(-c5ccccc5)c5ccccc35)Cc3nc5c(nc3-4)Cc3ccccc3-5)c3ccccc23)cc1. The van der Waals surface area contributed by atoms with Crippen LogP contribution in [-0.4, -0.2) is 9.97 Å². The van der Waals surface area contributed by atoms with Gasteiger partial charge in [0.25, 0.3) is 0 Å². The van der Waals surface area contributed by atoms with Crippen LogP contribution >= 0.6 is 0 Å². The highest BCUT2D eigenvalue weighted by Gasteiger charge is 2.33. The summed E-state index contributed by atoms with van der Waals surface area (Å²) in [4.78, 5) is 11.0. The molecular weight excluding hydrogens is 725 g/mol. The Bertz CT molecular complexity index is 3470. The zero-order chi connectivity index (χ0) is 39.3. The van der Waals surface area contributed by atoms with Crippen LogP contribution < -0.4 is 0 Å². The third-order valence-corrected chi connectivity index (χ3v) is 13.1. The maximum Gasteiger partial charge on any atom is 0.0927 e. The van der Waals surface area contributed by atoms with Crippen LogP contribution in [0.3, 0.4) is 0 Å². The van der Waals surface area contributed by atoms with Gasteiger partial charge in [0, 0.05) is 24.0 Å². The molecule has 2 aliphatic carbocycles. The standard InChI is InChI=1S/C58H36N2/c1-3-17-35(18-4-1)52-39-23-9-13-27-43(39)54(44-28-14-10-24-40(44)52)48-32-31-47-49(34-51-58(47)59-50-33-37-21-7-8-22-38(37)57(50)60-51)56(48)55-45-29-15-11-25-41(45)53(36-19-5-2-6-20-36)42-26-12-16-30-46(42)55/h1-32H,33-34H2. The van der Waals surface area contributed by atoms with Gasteiger partial charge in [-0.15, -0.1) is 0 Å². The average molecular weight is 761 g/mol. The van der Waals surface area contributed by atoms with Gasteiger partial charge in [-0.25, -0.2) is 9.97 Å². The minimum Gasteiger partial charge on any atom is -0.248 e. The first-order chi connectivity index (χ1) is 29.8. The first-order valence-corrected chi connectivity index (χ1v) is 20.9. The predicted octanol–water partition coefficient (Wildman–Crippen LogP) is 14.9. The summed E-state index contributed by atoms with van der Waals surface area (Å²) in [6, 6.07) is 71.3. The van der Waals surface area contributed by atoms with Gasteiger partial charge in [0.15, 0.2) is 0 Å². The van der Waals surface area contributed by atoms with Gasteiger partial charge in [-0.2, -0.15) is 0 Å². The van der Waals surface area contributed by atoms with Gasteiger partial charge in [0.2, 0.25) is 0 Å². The molecule has 0 spiro atoms. The molecule has 0 aliphatic heterocycles. The lowest BCUT2D eigenvalue weighted by Crippen LogP contribution is -1.98. The van der Waals surface area contributed by atoms with E-state index in [-0.39, 0.29) is 0 Å². The van der Waals surface area contributed by atoms with E-state index in [9.17, 15) is 0 Å². The second-order valence-corrected chi connectivity index (χ2v) is 16.3. The van der Waals surface area contributed by atoms with Gasteiger partial charge >= 0.3 is 0 Å². The van der Waals surface area contributed by atoms with E-state index in [1.807, 2.05) is 0 Å². The van der Waals surface area contributed by atoms with Crippen molar-refractivity contribution in [3.63, 3.8) is 0 Å². The second kappa shape index (κ2) is 12.9. The third kappa shape index (κ3) is 4.76. The molecule has 0 radical (unpaired) electrons. The van der Waals surface area contributed by atoms with Crippen LogP contribution in [0.1, 0.15) is 22.5 Å².